The van der Waals surface area contributed by atoms with Crippen molar-refractivity contribution in [2.24, 2.45) is 5.41 Å². The largest absolute Gasteiger partial charge is 0.337 e. The second-order valence-corrected chi connectivity index (χ2v) is 7.70. The number of carbonyl (C=O) groups excluding carboxylic acids is 1. The number of nitrogens with one attached hydrogen (secondary N) is 2. The zero-order valence-electron chi connectivity index (χ0n) is 13.8. The first kappa shape index (κ1) is 16.1. The minimum Gasteiger partial charge on any atom is -0.337 e. The third-order valence-electron chi connectivity index (χ3n) is 4.49. The number of pyridine rings is 1. The molecule has 6 nitrogen and oxygen atoms in total. The van der Waals surface area contributed by atoms with Gasteiger partial charge in [-0.05, 0) is 57.5 Å². The number of amides is 2. The summed E-state index contributed by atoms with van der Waals surface area (Å²) in [6.07, 6.45) is 2.21. The molecule has 2 aromatic heterocycles. The molecule has 2 aromatic rings. The fourth-order valence-corrected chi connectivity index (χ4v) is 3.61. The Morgan fingerprint density at radius 1 is 1.35 bits per heavy atom. The van der Waals surface area contributed by atoms with E-state index in [1.165, 1.54) is 11.3 Å². The van der Waals surface area contributed by atoms with E-state index >= 15 is 0 Å². The van der Waals surface area contributed by atoms with Crippen LogP contribution in [0.2, 0.25) is 0 Å². The fourth-order valence-electron chi connectivity index (χ4n) is 2.73. The summed E-state index contributed by atoms with van der Waals surface area (Å²) >= 11 is 1.40. The molecule has 3 heterocycles. The van der Waals surface area contributed by atoms with Crippen molar-refractivity contribution in [3.05, 3.63) is 17.8 Å². The quantitative estimate of drug-likeness (QED) is 0.906. The number of thiazole rings is 1. The third-order valence-corrected chi connectivity index (χ3v) is 5.37. The molecule has 0 aliphatic carbocycles. The van der Waals surface area contributed by atoms with E-state index in [9.17, 15) is 4.79 Å². The van der Waals surface area contributed by atoms with E-state index in [1.54, 1.807) is 0 Å². The Hall–Kier alpha value is -1.73. The predicted molar refractivity (Wildman–Crippen MR) is 94.0 cm³/mol. The Labute approximate surface area is 140 Å². The predicted octanol–water partition coefficient (Wildman–Crippen LogP) is 2.85. The van der Waals surface area contributed by atoms with Crippen molar-refractivity contribution in [2.75, 3.05) is 32.0 Å². The van der Waals surface area contributed by atoms with Gasteiger partial charge >= 0.3 is 6.03 Å². The highest BCUT2D eigenvalue weighted by Crippen LogP contribution is 2.29. The zero-order valence-corrected chi connectivity index (χ0v) is 14.7. The number of hydrogen-bond acceptors (Lipinski definition) is 5. The lowest BCUT2D eigenvalue weighted by Crippen LogP contribution is -2.44. The highest BCUT2D eigenvalue weighted by Gasteiger charge is 2.29. The number of nitrogens with zero attached hydrogens (tertiary/aromatic N) is 3. The number of aryl methyl sites for hydroxylation is 1. The number of aromatic nitrogens is 2. The molecule has 7 heteroatoms. The lowest BCUT2D eigenvalue weighted by molar-refractivity contribution is 0.139. The molecule has 124 valence electrons. The second kappa shape index (κ2) is 6.41. The Balaban J connectivity index is 1.56. The number of fused-ring (bicyclic) bond motifs is 1. The van der Waals surface area contributed by atoms with Crippen molar-refractivity contribution < 1.29 is 4.79 Å². The molecule has 0 saturated carbocycles. The maximum absolute atomic E-state index is 12.1. The molecule has 2 N–H and O–H groups in total. The van der Waals surface area contributed by atoms with Gasteiger partial charge in [0.25, 0.3) is 0 Å². The first-order valence-electron chi connectivity index (χ1n) is 7.91. The van der Waals surface area contributed by atoms with Gasteiger partial charge in [-0.2, -0.15) is 0 Å². The van der Waals surface area contributed by atoms with Gasteiger partial charge in [0.1, 0.15) is 10.3 Å². The summed E-state index contributed by atoms with van der Waals surface area (Å²) in [6.45, 7) is 7.05. The highest BCUT2D eigenvalue weighted by atomic mass is 32.1. The van der Waals surface area contributed by atoms with Crippen molar-refractivity contribution in [1.82, 2.24) is 20.2 Å². The second-order valence-electron chi connectivity index (χ2n) is 6.72. The van der Waals surface area contributed by atoms with Gasteiger partial charge in [-0.25, -0.2) is 14.8 Å². The third kappa shape index (κ3) is 3.97. The molecule has 1 aliphatic heterocycles. The van der Waals surface area contributed by atoms with Crippen LogP contribution in [0.5, 0.6) is 0 Å². The summed E-state index contributed by atoms with van der Waals surface area (Å²) in [4.78, 5) is 24.1. The number of anilines is 1. The van der Waals surface area contributed by atoms with E-state index in [1.807, 2.05) is 19.1 Å². The van der Waals surface area contributed by atoms with E-state index in [0.717, 1.165) is 42.0 Å². The highest BCUT2D eigenvalue weighted by molar-refractivity contribution is 7.21. The molecule has 1 saturated heterocycles. The monoisotopic (exact) mass is 333 g/mol. The summed E-state index contributed by atoms with van der Waals surface area (Å²) in [7, 11) is 2.14. The number of likely N-dealkylation sites (tertiary alicyclic amines) is 1. The molecule has 0 radical (unpaired) electrons. The van der Waals surface area contributed by atoms with Crippen LogP contribution in [0.25, 0.3) is 10.3 Å². The van der Waals surface area contributed by atoms with Crippen molar-refractivity contribution >= 4 is 32.8 Å². The number of rotatable bonds is 3. The molecule has 1 aliphatic rings. The average molecular weight is 333 g/mol. The topological polar surface area (TPSA) is 70.2 Å². The van der Waals surface area contributed by atoms with Crippen LogP contribution in [0.4, 0.5) is 9.93 Å². The fraction of sp³-hybridized carbons (Fsp3) is 0.562. The van der Waals surface area contributed by atoms with Crippen LogP contribution >= 0.6 is 11.3 Å². The number of piperidine rings is 1. The molecule has 0 aromatic carbocycles. The van der Waals surface area contributed by atoms with Crippen LogP contribution < -0.4 is 10.6 Å². The molecule has 23 heavy (non-hydrogen) atoms. The standard InChI is InChI=1S/C16H23N5OS/c1-11-4-5-12-13(18-11)23-15(19-12)20-14(22)17-10-16(2)6-8-21(3)9-7-16/h4-5H,6-10H2,1-3H3,(H2,17,19,20,22). The van der Waals surface area contributed by atoms with Crippen LogP contribution in [-0.4, -0.2) is 47.6 Å². The molecule has 0 spiro atoms. The van der Waals surface area contributed by atoms with Gasteiger partial charge < -0.3 is 10.2 Å². The molecular weight excluding hydrogens is 310 g/mol. The molecule has 0 unspecified atom stereocenters. The summed E-state index contributed by atoms with van der Waals surface area (Å²) in [5.74, 6) is 0. The maximum atomic E-state index is 12.1. The Kier molecular flexibility index (Phi) is 4.50. The molecule has 0 atom stereocenters. The molecule has 2 amide bonds. The van der Waals surface area contributed by atoms with Gasteiger partial charge in [-0.3, -0.25) is 5.32 Å². The number of hydrogen-bond donors (Lipinski definition) is 2. The van der Waals surface area contributed by atoms with E-state index < -0.39 is 0 Å². The number of urea groups is 1. The molecule has 3 rings (SSSR count). The maximum Gasteiger partial charge on any atom is 0.321 e. The molecular formula is C16H23N5OS. The Morgan fingerprint density at radius 3 is 2.83 bits per heavy atom. The van der Waals surface area contributed by atoms with Crippen LogP contribution in [0.1, 0.15) is 25.5 Å². The summed E-state index contributed by atoms with van der Waals surface area (Å²) < 4.78 is 0. The van der Waals surface area contributed by atoms with Crippen LogP contribution in [0.15, 0.2) is 12.1 Å². The zero-order chi connectivity index (χ0) is 16.4. The minimum atomic E-state index is -0.194. The normalized spacial score (nSPS) is 18.0. The van der Waals surface area contributed by atoms with Gasteiger partial charge in [-0.15, -0.1) is 0 Å². The lowest BCUT2D eigenvalue weighted by Gasteiger charge is -2.37. The van der Waals surface area contributed by atoms with E-state index in [-0.39, 0.29) is 11.4 Å². The van der Waals surface area contributed by atoms with Gasteiger partial charge in [0.2, 0.25) is 0 Å². The lowest BCUT2D eigenvalue weighted by atomic mass is 9.80. The van der Waals surface area contributed by atoms with Crippen LogP contribution in [-0.2, 0) is 0 Å². The number of carbonyl (C=O) groups is 1. The van der Waals surface area contributed by atoms with E-state index in [0.29, 0.717) is 11.7 Å². The van der Waals surface area contributed by atoms with Crippen LogP contribution in [0, 0.1) is 12.3 Å². The van der Waals surface area contributed by atoms with E-state index in [2.05, 4.69) is 39.5 Å². The van der Waals surface area contributed by atoms with Crippen molar-refractivity contribution in [3.63, 3.8) is 0 Å². The van der Waals surface area contributed by atoms with Gasteiger partial charge in [-0.1, -0.05) is 18.3 Å². The molecule has 1 fully saturated rings. The van der Waals surface area contributed by atoms with Crippen molar-refractivity contribution in [1.29, 1.82) is 0 Å². The smallest absolute Gasteiger partial charge is 0.321 e. The van der Waals surface area contributed by atoms with Crippen molar-refractivity contribution in [3.8, 4) is 0 Å². The van der Waals surface area contributed by atoms with Crippen LogP contribution in [0.3, 0.4) is 0 Å². The first-order chi connectivity index (χ1) is 10.9. The Bertz CT molecular complexity index is 706. The molecule has 0 bridgehead atoms. The summed E-state index contributed by atoms with van der Waals surface area (Å²) in [6, 6.07) is 3.66. The van der Waals surface area contributed by atoms with E-state index in [4.69, 9.17) is 0 Å². The first-order valence-corrected chi connectivity index (χ1v) is 8.73. The summed E-state index contributed by atoms with van der Waals surface area (Å²) in [5.41, 5.74) is 1.95. The SMILES string of the molecule is Cc1ccc2nc(NC(=O)NCC3(C)CCN(C)CC3)sc2n1. The Morgan fingerprint density at radius 2 is 2.09 bits per heavy atom. The van der Waals surface area contributed by atoms with Gasteiger partial charge in [0.05, 0.1) is 0 Å². The average Bonchev–Trinajstić information content (AvgIpc) is 2.90. The van der Waals surface area contributed by atoms with Crippen molar-refractivity contribution in [2.45, 2.75) is 26.7 Å². The van der Waals surface area contributed by atoms with Gasteiger partial charge in [0.15, 0.2) is 5.13 Å². The minimum absolute atomic E-state index is 0.177. The van der Waals surface area contributed by atoms with Gasteiger partial charge in [0, 0.05) is 12.2 Å². The summed E-state index contributed by atoms with van der Waals surface area (Å²) in [5, 5.41) is 6.40.